The van der Waals surface area contributed by atoms with E-state index in [0.717, 1.165) is 25.3 Å². The van der Waals surface area contributed by atoms with E-state index < -0.39 is 11.2 Å². The van der Waals surface area contributed by atoms with E-state index in [-0.39, 0.29) is 18.9 Å². The van der Waals surface area contributed by atoms with Gasteiger partial charge in [-0.05, 0) is 24.5 Å². The molecule has 2 heterocycles. The molecule has 7 heteroatoms. The second-order valence-electron chi connectivity index (χ2n) is 6.44. The van der Waals surface area contributed by atoms with Gasteiger partial charge in [0.15, 0.2) is 0 Å². The second-order valence-corrected chi connectivity index (χ2v) is 7.75. The molecule has 1 saturated heterocycles. The SMILES string of the molecule is Cc1ccccc1[C@H]1CCN(C(=O)CCn2ccc(=O)[nH]c2=O)CCS1. The van der Waals surface area contributed by atoms with Gasteiger partial charge >= 0.3 is 5.69 Å². The molecule has 0 radical (unpaired) electrons. The third-order valence-corrected chi connectivity index (χ3v) is 6.00. The van der Waals surface area contributed by atoms with E-state index in [1.807, 2.05) is 16.7 Å². The Balaban J connectivity index is 1.58. The number of nitrogens with zero attached hydrogens (tertiary/aromatic N) is 2. The van der Waals surface area contributed by atoms with Crippen molar-refractivity contribution < 1.29 is 4.79 Å². The summed E-state index contributed by atoms with van der Waals surface area (Å²) in [5, 5.41) is 0.413. The molecule has 0 saturated carbocycles. The molecule has 0 unspecified atom stereocenters. The number of aryl methyl sites for hydroxylation is 2. The highest BCUT2D eigenvalue weighted by molar-refractivity contribution is 7.99. The van der Waals surface area contributed by atoms with Gasteiger partial charge in [0.2, 0.25) is 5.91 Å². The lowest BCUT2D eigenvalue weighted by molar-refractivity contribution is -0.131. The average molecular weight is 373 g/mol. The van der Waals surface area contributed by atoms with E-state index in [1.165, 1.54) is 28.0 Å². The fraction of sp³-hybridized carbons (Fsp3) is 0.421. The lowest BCUT2D eigenvalue weighted by atomic mass is 10.0. The zero-order valence-corrected chi connectivity index (χ0v) is 15.6. The number of H-pyrrole nitrogens is 1. The molecule has 26 heavy (non-hydrogen) atoms. The molecule has 1 aliphatic rings. The summed E-state index contributed by atoms with van der Waals surface area (Å²) >= 11 is 1.90. The molecule has 2 aromatic rings. The van der Waals surface area contributed by atoms with Crippen molar-refractivity contribution in [2.24, 2.45) is 0 Å². The van der Waals surface area contributed by atoms with Gasteiger partial charge in [0.05, 0.1) is 0 Å². The Labute approximate surface area is 156 Å². The second kappa shape index (κ2) is 8.40. The minimum absolute atomic E-state index is 0.0501. The lowest BCUT2D eigenvalue weighted by Gasteiger charge is -2.21. The normalized spacial score (nSPS) is 17.7. The third kappa shape index (κ3) is 4.46. The quantitative estimate of drug-likeness (QED) is 0.889. The first-order valence-electron chi connectivity index (χ1n) is 8.79. The van der Waals surface area contributed by atoms with Crippen molar-refractivity contribution in [3.05, 3.63) is 68.5 Å². The van der Waals surface area contributed by atoms with E-state index >= 15 is 0 Å². The summed E-state index contributed by atoms with van der Waals surface area (Å²) in [6.07, 6.45) is 2.62. The first-order chi connectivity index (χ1) is 12.5. The predicted molar refractivity (Wildman–Crippen MR) is 104 cm³/mol. The molecule has 1 fully saturated rings. The highest BCUT2D eigenvalue weighted by Crippen LogP contribution is 2.35. The van der Waals surface area contributed by atoms with Gasteiger partial charge in [-0.15, -0.1) is 0 Å². The van der Waals surface area contributed by atoms with Crippen LogP contribution in [0.3, 0.4) is 0 Å². The first kappa shape index (κ1) is 18.5. The van der Waals surface area contributed by atoms with Gasteiger partial charge in [-0.25, -0.2) is 4.79 Å². The Morgan fingerprint density at radius 2 is 2.04 bits per heavy atom. The average Bonchev–Trinajstić information content (AvgIpc) is 2.87. The molecule has 3 rings (SSSR count). The van der Waals surface area contributed by atoms with Crippen LogP contribution in [-0.2, 0) is 11.3 Å². The Bertz CT molecular complexity index is 890. The Morgan fingerprint density at radius 3 is 2.81 bits per heavy atom. The summed E-state index contributed by atoms with van der Waals surface area (Å²) in [5.74, 6) is 0.956. The standard InChI is InChI=1S/C19H23N3O3S/c1-14-4-2-3-5-15(14)16-6-9-21(12-13-26-16)18(24)8-11-22-10-7-17(23)20-19(22)25/h2-5,7,10,16H,6,8-9,11-13H2,1H3,(H,20,23,25)/t16-/m1/s1. The van der Waals surface area contributed by atoms with E-state index in [2.05, 4.69) is 36.2 Å². The third-order valence-electron chi connectivity index (χ3n) is 4.69. The highest BCUT2D eigenvalue weighted by atomic mass is 32.2. The first-order valence-corrected chi connectivity index (χ1v) is 9.84. The Kier molecular flexibility index (Phi) is 5.98. The minimum Gasteiger partial charge on any atom is -0.342 e. The van der Waals surface area contributed by atoms with Crippen molar-refractivity contribution >= 4 is 17.7 Å². The van der Waals surface area contributed by atoms with E-state index in [4.69, 9.17) is 0 Å². The number of amides is 1. The van der Waals surface area contributed by atoms with E-state index in [0.29, 0.717) is 5.25 Å². The summed E-state index contributed by atoms with van der Waals surface area (Å²) in [6.45, 7) is 3.86. The van der Waals surface area contributed by atoms with Crippen molar-refractivity contribution in [3.8, 4) is 0 Å². The van der Waals surface area contributed by atoms with Crippen molar-refractivity contribution in [1.29, 1.82) is 0 Å². The number of thioether (sulfide) groups is 1. The van der Waals surface area contributed by atoms with Gasteiger partial charge in [0.25, 0.3) is 5.56 Å². The van der Waals surface area contributed by atoms with Gasteiger partial charge in [-0.2, -0.15) is 11.8 Å². The minimum atomic E-state index is -0.476. The number of rotatable bonds is 4. The van der Waals surface area contributed by atoms with Crippen LogP contribution in [0.2, 0.25) is 0 Å². The Morgan fingerprint density at radius 1 is 1.23 bits per heavy atom. The smallest absolute Gasteiger partial charge is 0.328 e. The number of aromatic nitrogens is 2. The van der Waals surface area contributed by atoms with Crippen molar-refractivity contribution in [2.45, 2.75) is 31.6 Å². The maximum atomic E-state index is 12.5. The van der Waals surface area contributed by atoms with Gasteiger partial charge in [0.1, 0.15) is 0 Å². The van der Waals surface area contributed by atoms with Crippen LogP contribution in [-0.4, -0.2) is 39.2 Å². The largest absolute Gasteiger partial charge is 0.342 e. The summed E-state index contributed by atoms with van der Waals surface area (Å²) in [5.41, 5.74) is 1.74. The van der Waals surface area contributed by atoms with Crippen LogP contribution < -0.4 is 11.2 Å². The molecule has 0 aliphatic carbocycles. The molecule has 0 bridgehead atoms. The fourth-order valence-electron chi connectivity index (χ4n) is 3.21. The number of carbonyl (C=O) groups is 1. The monoisotopic (exact) mass is 373 g/mol. The summed E-state index contributed by atoms with van der Waals surface area (Å²) in [6, 6.07) is 9.72. The summed E-state index contributed by atoms with van der Waals surface area (Å²) in [7, 11) is 0. The predicted octanol–water partition coefficient (Wildman–Crippen LogP) is 1.94. The number of hydrogen-bond donors (Lipinski definition) is 1. The van der Waals surface area contributed by atoms with Crippen LogP contribution in [0.5, 0.6) is 0 Å². The van der Waals surface area contributed by atoms with Gasteiger partial charge in [-0.3, -0.25) is 14.6 Å². The van der Waals surface area contributed by atoms with Gasteiger partial charge in [-0.1, -0.05) is 24.3 Å². The number of nitrogens with one attached hydrogen (secondary N) is 1. The molecular formula is C19H23N3O3S. The van der Waals surface area contributed by atoms with Crippen molar-refractivity contribution in [1.82, 2.24) is 14.5 Å². The van der Waals surface area contributed by atoms with Crippen LogP contribution >= 0.6 is 11.8 Å². The highest BCUT2D eigenvalue weighted by Gasteiger charge is 2.22. The topological polar surface area (TPSA) is 75.2 Å². The van der Waals surface area contributed by atoms with Crippen LogP contribution in [0.1, 0.15) is 29.2 Å². The zero-order chi connectivity index (χ0) is 18.5. The molecule has 138 valence electrons. The number of aromatic amines is 1. The maximum absolute atomic E-state index is 12.5. The summed E-state index contributed by atoms with van der Waals surface area (Å²) < 4.78 is 1.36. The molecule has 1 aliphatic heterocycles. The molecule has 1 N–H and O–H groups in total. The number of carbonyl (C=O) groups excluding carboxylic acids is 1. The molecule has 1 aromatic carbocycles. The summed E-state index contributed by atoms with van der Waals surface area (Å²) in [4.78, 5) is 39.4. The van der Waals surface area contributed by atoms with E-state index in [9.17, 15) is 14.4 Å². The van der Waals surface area contributed by atoms with Crippen LogP contribution in [0.25, 0.3) is 0 Å². The van der Waals surface area contributed by atoms with Gasteiger partial charge < -0.3 is 9.47 Å². The molecule has 1 amide bonds. The fourth-order valence-corrected chi connectivity index (χ4v) is 4.54. The number of hydrogen-bond acceptors (Lipinski definition) is 4. The molecule has 0 spiro atoms. The van der Waals surface area contributed by atoms with Crippen LogP contribution in [0, 0.1) is 6.92 Å². The molecule has 1 aromatic heterocycles. The van der Waals surface area contributed by atoms with Gasteiger partial charge in [0, 0.05) is 49.3 Å². The van der Waals surface area contributed by atoms with Crippen molar-refractivity contribution in [2.75, 3.05) is 18.8 Å². The molecule has 6 nitrogen and oxygen atoms in total. The zero-order valence-electron chi connectivity index (χ0n) is 14.8. The van der Waals surface area contributed by atoms with Crippen LogP contribution in [0.15, 0.2) is 46.1 Å². The Hall–Kier alpha value is -2.28. The molecule has 1 atom stereocenters. The lowest BCUT2D eigenvalue weighted by Crippen LogP contribution is -2.35. The molecular weight excluding hydrogens is 350 g/mol. The maximum Gasteiger partial charge on any atom is 0.328 e. The van der Waals surface area contributed by atoms with E-state index in [1.54, 1.807) is 0 Å². The number of benzene rings is 1. The van der Waals surface area contributed by atoms with Crippen molar-refractivity contribution in [3.63, 3.8) is 0 Å². The van der Waals surface area contributed by atoms with Crippen LogP contribution in [0.4, 0.5) is 0 Å².